The van der Waals surface area contributed by atoms with E-state index in [4.69, 9.17) is 0 Å². The number of nitro groups is 1. The Bertz CT molecular complexity index is 1030. The van der Waals surface area contributed by atoms with E-state index in [0.717, 1.165) is 0 Å². The van der Waals surface area contributed by atoms with Crippen LogP contribution in [0, 0.1) is 10.1 Å². The third kappa shape index (κ3) is 6.60. The number of nitrogens with zero attached hydrogens (tertiary/aromatic N) is 1. The van der Waals surface area contributed by atoms with Crippen molar-refractivity contribution in [1.82, 2.24) is 0 Å². The highest BCUT2D eigenvalue weighted by Crippen LogP contribution is 2.58. The Kier molecular flexibility index (Phi) is 9.40. The third-order valence-corrected chi connectivity index (χ3v) is 4.78. The van der Waals surface area contributed by atoms with Gasteiger partial charge in [0, 0.05) is 11.0 Å². The van der Waals surface area contributed by atoms with Crippen LogP contribution in [-0.2, 0) is 9.53 Å². The molecule has 38 heavy (non-hydrogen) atoms. The van der Waals surface area contributed by atoms with Gasteiger partial charge in [-0.3, -0.25) is 10.1 Å². The molecule has 0 fully saturated rings. The number of benzene rings is 1. The van der Waals surface area contributed by atoms with Crippen LogP contribution in [0.25, 0.3) is 0 Å². The first kappa shape index (κ1) is 33.2. The molecule has 0 N–H and O–H groups in total. The number of hydrogen-bond donors (Lipinski definition) is 0. The second kappa shape index (κ2) is 10.8. The lowest BCUT2D eigenvalue weighted by molar-refractivity contribution is -0.414. The summed E-state index contributed by atoms with van der Waals surface area (Å²) in [5, 5.41) is 10.9. The van der Waals surface area contributed by atoms with Crippen molar-refractivity contribution in [2.75, 3.05) is 13.2 Å². The van der Waals surface area contributed by atoms with Crippen LogP contribution in [0.5, 0.6) is 5.75 Å². The number of esters is 1. The second-order valence-corrected chi connectivity index (χ2v) is 7.87. The SMILES string of the molecule is O=C(COc1ccc(SC(F)(F)F)cc1[N+](=O)[O-])OCC(F)(F)C(F)(F)C(F)(F)C(F)(F)C(F)(F)C(F)F. The predicted molar refractivity (Wildman–Crippen MR) is 92.2 cm³/mol. The zero-order valence-electron chi connectivity index (χ0n) is 17.3. The quantitative estimate of drug-likeness (QED) is 0.0876. The summed E-state index contributed by atoms with van der Waals surface area (Å²) in [6.07, 6.45) is -5.70. The zero-order valence-corrected chi connectivity index (χ0v) is 18.1. The standard InChI is InChI=1S/C16H8F15NO5S/c17-10(18)12(21,22)14(25,26)15(27,28)13(23,24)11(19,20)5-37-9(33)4-36-8-2-1-6(38-16(29,30)31)3-7(8)32(34)35/h1-3,10H,4-5H2. The topological polar surface area (TPSA) is 78.7 Å². The first-order valence-electron chi connectivity index (χ1n) is 8.81. The molecule has 1 aromatic carbocycles. The lowest BCUT2D eigenvalue weighted by atomic mass is 9.94. The third-order valence-electron chi connectivity index (χ3n) is 4.06. The van der Waals surface area contributed by atoms with Gasteiger partial charge in [0.05, 0.1) is 4.92 Å². The number of nitro benzene ring substituents is 1. The van der Waals surface area contributed by atoms with E-state index < -0.39 is 93.7 Å². The number of carbonyl (C=O) groups is 1. The Balaban J connectivity index is 3.01. The molecule has 0 heterocycles. The highest BCUT2D eigenvalue weighted by atomic mass is 32.2. The van der Waals surface area contributed by atoms with Gasteiger partial charge in [-0.15, -0.1) is 0 Å². The van der Waals surface area contributed by atoms with Crippen LogP contribution in [0.3, 0.4) is 0 Å². The highest BCUT2D eigenvalue weighted by Gasteiger charge is 2.87. The number of thioether (sulfide) groups is 1. The molecule has 1 aromatic rings. The monoisotopic (exact) mass is 611 g/mol. The molecular weight excluding hydrogens is 603 g/mol. The lowest BCUT2D eigenvalue weighted by Gasteiger charge is -2.38. The summed E-state index contributed by atoms with van der Waals surface area (Å²) in [7, 11) is 0. The number of ether oxygens (including phenoxy) is 2. The van der Waals surface area contributed by atoms with Crippen molar-refractivity contribution in [2.24, 2.45) is 0 Å². The second-order valence-electron chi connectivity index (χ2n) is 6.74. The summed E-state index contributed by atoms with van der Waals surface area (Å²) in [6.45, 7) is -4.98. The fourth-order valence-electron chi connectivity index (χ4n) is 2.17. The fraction of sp³-hybridized carbons (Fsp3) is 0.562. The smallest absolute Gasteiger partial charge is 0.446 e. The van der Waals surface area contributed by atoms with Gasteiger partial charge in [0.25, 0.3) is 0 Å². The maximum absolute atomic E-state index is 13.6. The van der Waals surface area contributed by atoms with Gasteiger partial charge in [-0.25, -0.2) is 13.6 Å². The highest BCUT2D eigenvalue weighted by molar-refractivity contribution is 8.00. The van der Waals surface area contributed by atoms with Gasteiger partial charge in [-0.1, -0.05) is 0 Å². The maximum Gasteiger partial charge on any atom is 0.446 e. The van der Waals surface area contributed by atoms with Crippen LogP contribution in [0.1, 0.15) is 0 Å². The van der Waals surface area contributed by atoms with Gasteiger partial charge < -0.3 is 9.47 Å². The Hall–Kier alpha value is -2.81. The lowest BCUT2D eigenvalue weighted by Crippen LogP contribution is -2.69. The molecule has 22 heteroatoms. The maximum atomic E-state index is 13.6. The van der Waals surface area contributed by atoms with Crippen molar-refractivity contribution < 1.29 is 85.0 Å². The van der Waals surface area contributed by atoms with Gasteiger partial charge in [0.2, 0.25) is 0 Å². The molecule has 0 amide bonds. The summed E-state index contributed by atoms with van der Waals surface area (Å²) in [5.41, 5.74) is -6.14. The molecular formula is C16H8F15NO5S. The molecule has 0 aromatic heterocycles. The van der Waals surface area contributed by atoms with E-state index in [-0.39, 0.29) is 6.07 Å². The molecule has 0 saturated carbocycles. The molecule has 0 aliphatic rings. The van der Waals surface area contributed by atoms with Gasteiger partial charge in [-0.05, 0) is 23.9 Å². The number of alkyl halides is 15. The minimum atomic E-state index is -7.84. The van der Waals surface area contributed by atoms with Crippen molar-refractivity contribution in [2.45, 2.75) is 46.4 Å². The van der Waals surface area contributed by atoms with Crippen LogP contribution in [0.4, 0.5) is 71.5 Å². The van der Waals surface area contributed by atoms with Crippen molar-refractivity contribution in [1.29, 1.82) is 0 Å². The van der Waals surface area contributed by atoms with E-state index in [1.54, 1.807) is 0 Å². The molecule has 0 radical (unpaired) electrons. The molecule has 0 bridgehead atoms. The summed E-state index contributed by atoms with van der Waals surface area (Å²) in [4.78, 5) is 20.3. The van der Waals surface area contributed by atoms with Crippen molar-refractivity contribution in [3.05, 3.63) is 28.3 Å². The minimum Gasteiger partial charge on any atom is -0.475 e. The first-order chi connectivity index (χ1) is 16.8. The van der Waals surface area contributed by atoms with Crippen molar-refractivity contribution >= 4 is 23.4 Å². The first-order valence-corrected chi connectivity index (χ1v) is 9.63. The summed E-state index contributed by atoms with van der Waals surface area (Å²) < 4.78 is 202. The molecule has 0 aliphatic carbocycles. The van der Waals surface area contributed by atoms with Crippen molar-refractivity contribution in [3.63, 3.8) is 0 Å². The van der Waals surface area contributed by atoms with E-state index in [2.05, 4.69) is 9.47 Å². The van der Waals surface area contributed by atoms with Crippen LogP contribution < -0.4 is 4.74 Å². The Labute approximate surface area is 203 Å². The Morgan fingerprint density at radius 2 is 1.42 bits per heavy atom. The Morgan fingerprint density at radius 1 is 0.895 bits per heavy atom. The number of hydrogen-bond acceptors (Lipinski definition) is 6. The molecule has 0 atom stereocenters. The average Bonchev–Trinajstić information content (AvgIpc) is 2.74. The van der Waals surface area contributed by atoms with Gasteiger partial charge in [-0.2, -0.15) is 57.1 Å². The summed E-state index contributed by atoms with van der Waals surface area (Å²) >= 11 is -0.824. The predicted octanol–water partition coefficient (Wildman–Crippen LogP) is 6.57. The van der Waals surface area contributed by atoms with Crippen LogP contribution in [0.2, 0.25) is 0 Å². The largest absolute Gasteiger partial charge is 0.475 e. The minimum absolute atomic E-state index is 0.283. The van der Waals surface area contributed by atoms with E-state index in [1.807, 2.05) is 0 Å². The van der Waals surface area contributed by atoms with E-state index in [1.165, 1.54) is 0 Å². The molecule has 0 unspecified atom stereocenters. The fourth-order valence-corrected chi connectivity index (χ4v) is 2.75. The van der Waals surface area contributed by atoms with E-state index >= 15 is 0 Å². The molecule has 6 nitrogen and oxygen atoms in total. The van der Waals surface area contributed by atoms with Gasteiger partial charge in [0.1, 0.15) is 0 Å². The van der Waals surface area contributed by atoms with Crippen molar-refractivity contribution in [3.8, 4) is 5.75 Å². The zero-order chi connectivity index (χ0) is 30.1. The van der Waals surface area contributed by atoms with E-state index in [0.29, 0.717) is 12.1 Å². The molecule has 1 rings (SSSR count). The van der Waals surface area contributed by atoms with Gasteiger partial charge in [0.15, 0.2) is 19.0 Å². The van der Waals surface area contributed by atoms with Gasteiger partial charge >= 0.3 is 53.2 Å². The molecule has 0 spiro atoms. The molecule has 218 valence electrons. The summed E-state index contributed by atoms with van der Waals surface area (Å²) in [6, 6.07) is 1.32. The number of carbonyl (C=O) groups excluding carboxylic acids is 1. The van der Waals surface area contributed by atoms with Crippen LogP contribution >= 0.6 is 11.8 Å². The normalized spacial score (nSPS) is 14.0. The van der Waals surface area contributed by atoms with Crippen LogP contribution in [0.15, 0.2) is 23.1 Å². The summed E-state index contributed by atoms with van der Waals surface area (Å²) in [5.74, 6) is -40.2. The Morgan fingerprint density at radius 3 is 1.87 bits per heavy atom. The van der Waals surface area contributed by atoms with E-state index in [9.17, 15) is 80.8 Å². The molecule has 0 aliphatic heterocycles. The molecule has 0 saturated heterocycles. The van der Waals surface area contributed by atoms with Crippen LogP contribution in [-0.4, -0.2) is 65.7 Å². The number of halogens is 15. The number of rotatable bonds is 12. The average molecular weight is 611 g/mol.